The molecule has 0 fully saturated rings. The fourth-order valence-corrected chi connectivity index (χ4v) is 2.27. The Morgan fingerprint density at radius 2 is 2.11 bits per heavy atom. The monoisotopic (exact) mass is 286 g/mol. The molecular formula is C13H15ClO3S. The summed E-state index contributed by atoms with van der Waals surface area (Å²) in [6.07, 6.45) is 5.65. The summed E-state index contributed by atoms with van der Waals surface area (Å²) in [7, 11) is 1.60. The minimum Gasteiger partial charge on any atom is -0.492 e. The highest BCUT2D eigenvalue weighted by Crippen LogP contribution is 2.30. The third-order valence-electron chi connectivity index (χ3n) is 2.39. The molecule has 1 aromatic carbocycles. The number of terminal acetylenes is 1. The molecule has 5 heteroatoms. The predicted molar refractivity (Wildman–Crippen MR) is 72.5 cm³/mol. The number of benzene rings is 1. The summed E-state index contributed by atoms with van der Waals surface area (Å²) in [5.74, 6) is 3.25. The van der Waals surface area contributed by atoms with Crippen LogP contribution in [0.2, 0.25) is 0 Å². The zero-order valence-corrected chi connectivity index (χ0v) is 11.9. The van der Waals surface area contributed by atoms with Crippen molar-refractivity contribution in [2.24, 2.45) is 0 Å². The molecule has 0 atom stereocenters. The fraction of sp³-hybridized carbons (Fsp3) is 0.385. The van der Waals surface area contributed by atoms with E-state index in [2.05, 4.69) is 5.92 Å². The van der Waals surface area contributed by atoms with Gasteiger partial charge in [-0.3, -0.25) is 0 Å². The third kappa shape index (κ3) is 3.94. The van der Waals surface area contributed by atoms with Crippen molar-refractivity contribution in [1.29, 1.82) is 0 Å². The highest BCUT2D eigenvalue weighted by molar-refractivity contribution is 8.13. The van der Waals surface area contributed by atoms with E-state index in [4.69, 9.17) is 21.8 Å². The average Bonchev–Trinajstić information content (AvgIpc) is 2.28. The van der Waals surface area contributed by atoms with Gasteiger partial charge >= 0.3 is 0 Å². The Labute approximate surface area is 113 Å². The second-order valence-electron chi connectivity index (χ2n) is 4.09. The molecule has 98 valence electrons. The summed E-state index contributed by atoms with van der Waals surface area (Å²) in [5.41, 5.74) is 0.800. The first-order valence-electron chi connectivity index (χ1n) is 5.51. The van der Waals surface area contributed by atoms with E-state index in [1.165, 1.54) is 12.1 Å². The van der Waals surface area contributed by atoms with Crippen LogP contribution in [0.1, 0.15) is 31.7 Å². The first kappa shape index (κ1) is 14.9. The lowest BCUT2D eigenvalue weighted by Gasteiger charge is -2.14. The van der Waals surface area contributed by atoms with Gasteiger partial charge in [0.1, 0.15) is 5.75 Å². The van der Waals surface area contributed by atoms with E-state index in [0.717, 1.165) is 5.56 Å². The summed E-state index contributed by atoms with van der Waals surface area (Å²) >= 11 is 0. The van der Waals surface area contributed by atoms with Crippen molar-refractivity contribution in [2.75, 3.05) is 6.61 Å². The van der Waals surface area contributed by atoms with Crippen molar-refractivity contribution in [3.8, 4) is 18.1 Å². The van der Waals surface area contributed by atoms with Crippen LogP contribution < -0.4 is 4.74 Å². The van der Waals surface area contributed by atoms with Gasteiger partial charge in [-0.05, 0) is 29.7 Å². The summed E-state index contributed by atoms with van der Waals surface area (Å²) in [6.45, 7) is 4.31. The Balaban J connectivity index is 3.10. The van der Waals surface area contributed by atoms with E-state index in [9.17, 15) is 8.42 Å². The van der Waals surface area contributed by atoms with Crippen LogP contribution in [0.3, 0.4) is 0 Å². The maximum absolute atomic E-state index is 11.3. The Kier molecular flexibility index (Phi) is 5.06. The number of hydrogen-bond donors (Lipinski definition) is 0. The molecule has 0 aliphatic rings. The van der Waals surface area contributed by atoms with E-state index >= 15 is 0 Å². The molecule has 0 aromatic heterocycles. The van der Waals surface area contributed by atoms with Gasteiger partial charge in [0.15, 0.2) is 0 Å². The summed E-state index contributed by atoms with van der Waals surface area (Å²) < 4.78 is 28.1. The molecule has 0 heterocycles. The summed E-state index contributed by atoms with van der Waals surface area (Å²) in [4.78, 5) is 0.0807. The molecule has 0 unspecified atom stereocenters. The van der Waals surface area contributed by atoms with Gasteiger partial charge in [0.05, 0.1) is 11.5 Å². The van der Waals surface area contributed by atoms with Crippen molar-refractivity contribution in [1.82, 2.24) is 0 Å². The number of halogens is 1. The van der Waals surface area contributed by atoms with Gasteiger partial charge in [-0.1, -0.05) is 13.8 Å². The number of rotatable bonds is 5. The second kappa shape index (κ2) is 6.12. The standard InChI is InChI=1S/C13H15ClO3S/c1-4-5-8-17-13-7-6-11(18(14,15)16)9-12(13)10(2)3/h1,6-7,9-10H,5,8H2,2-3H3. The number of hydrogen-bond acceptors (Lipinski definition) is 3. The normalized spacial score (nSPS) is 11.3. The molecule has 0 bridgehead atoms. The Morgan fingerprint density at radius 1 is 1.44 bits per heavy atom. The van der Waals surface area contributed by atoms with Crippen LogP contribution in [0, 0.1) is 12.3 Å². The smallest absolute Gasteiger partial charge is 0.261 e. The maximum atomic E-state index is 11.3. The quantitative estimate of drug-likeness (QED) is 0.474. The Hall–Kier alpha value is -1.18. The molecule has 1 rings (SSSR count). The van der Waals surface area contributed by atoms with Crippen LogP contribution in [-0.2, 0) is 9.05 Å². The van der Waals surface area contributed by atoms with E-state index in [-0.39, 0.29) is 10.8 Å². The lowest BCUT2D eigenvalue weighted by Crippen LogP contribution is -2.02. The molecule has 18 heavy (non-hydrogen) atoms. The van der Waals surface area contributed by atoms with E-state index in [0.29, 0.717) is 18.8 Å². The molecule has 3 nitrogen and oxygen atoms in total. The molecule has 0 amide bonds. The Morgan fingerprint density at radius 3 is 2.61 bits per heavy atom. The van der Waals surface area contributed by atoms with Crippen molar-refractivity contribution < 1.29 is 13.2 Å². The third-order valence-corrected chi connectivity index (χ3v) is 3.74. The van der Waals surface area contributed by atoms with Gasteiger partial charge in [0, 0.05) is 17.1 Å². The largest absolute Gasteiger partial charge is 0.492 e. The molecule has 1 aromatic rings. The lowest BCUT2D eigenvalue weighted by molar-refractivity contribution is 0.322. The molecule has 0 spiro atoms. The van der Waals surface area contributed by atoms with E-state index < -0.39 is 9.05 Å². The SMILES string of the molecule is C#CCCOc1ccc(S(=O)(=O)Cl)cc1C(C)C. The van der Waals surface area contributed by atoms with Crippen molar-refractivity contribution in [3.63, 3.8) is 0 Å². The first-order chi connectivity index (χ1) is 8.36. The van der Waals surface area contributed by atoms with Crippen LogP contribution in [0.15, 0.2) is 23.1 Å². The van der Waals surface area contributed by atoms with Gasteiger partial charge in [0.2, 0.25) is 0 Å². The molecule has 0 radical (unpaired) electrons. The van der Waals surface area contributed by atoms with Crippen LogP contribution in [0.5, 0.6) is 5.75 Å². The molecule has 0 N–H and O–H groups in total. The van der Waals surface area contributed by atoms with E-state index in [1.54, 1.807) is 6.07 Å². The van der Waals surface area contributed by atoms with Crippen LogP contribution >= 0.6 is 10.7 Å². The number of ether oxygens (including phenoxy) is 1. The first-order valence-corrected chi connectivity index (χ1v) is 7.82. The molecule has 0 aliphatic carbocycles. The molecule has 0 saturated heterocycles. The van der Waals surface area contributed by atoms with Crippen LogP contribution in [0.4, 0.5) is 0 Å². The maximum Gasteiger partial charge on any atom is 0.261 e. The van der Waals surface area contributed by atoms with Gasteiger partial charge in [-0.2, -0.15) is 0 Å². The predicted octanol–water partition coefficient (Wildman–Crippen LogP) is 3.14. The average molecular weight is 287 g/mol. The molecule has 0 aliphatic heterocycles. The van der Waals surface area contributed by atoms with E-state index in [1.807, 2.05) is 13.8 Å². The van der Waals surface area contributed by atoms with Crippen LogP contribution in [-0.4, -0.2) is 15.0 Å². The van der Waals surface area contributed by atoms with Crippen molar-refractivity contribution >= 4 is 19.7 Å². The fourth-order valence-electron chi connectivity index (χ4n) is 1.48. The highest BCUT2D eigenvalue weighted by Gasteiger charge is 2.15. The molecule has 0 saturated carbocycles. The second-order valence-corrected chi connectivity index (χ2v) is 6.66. The van der Waals surface area contributed by atoms with Gasteiger partial charge in [-0.25, -0.2) is 8.42 Å². The zero-order chi connectivity index (χ0) is 13.8. The van der Waals surface area contributed by atoms with Crippen LogP contribution in [0.25, 0.3) is 0 Å². The van der Waals surface area contributed by atoms with Gasteiger partial charge < -0.3 is 4.74 Å². The highest BCUT2D eigenvalue weighted by atomic mass is 35.7. The lowest BCUT2D eigenvalue weighted by atomic mass is 10.0. The minimum atomic E-state index is -3.72. The summed E-state index contributed by atoms with van der Waals surface area (Å²) in [5, 5.41) is 0. The summed E-state index contributed by atoms with van der Waals surface area (Å²) in [6, 6.07) is 4.58. The molecular weight excluding hydrogens is 272 g/mol. The van der Waals surface area contributed by atoms with Gasteiger partial charge in [-0.15, -0.1) is 12.3 Å². The van der Waals surface area contributed by atoms with Crippen molar-refractivity contribution in [2.45, 2.75) is 31.1 Å². The van der Waals surface area contributed by atoms with Gasteiger partial charge in [0.25, 0.3) is 9.05 Å². The van der Waals surface area contributed by atoms with Crippen molar-refractivity contribution in [3.05, 3.63) is 23.8 Å². The zero-order valence-electron chi connectivity index (χ0n) is 10.3. The Bertz CT molecular complexity index is 556. The topological polar surface area (TPSA) is 43.4 Å². The minimum absolute atomic E-state index is 0.0807.